The first-order valence-corrected chi connectivity index (χ1v) is 5.85. The molecule has 3 amide bonds. The second-order valence-electron chi connectivity index (χ2n) is 4.18. The number of carbonyl (C=O) groups excluding carboxylic acids is 2. The molecule has 1 aromatic carbocycles. The number of rotatable bonds is 4. The molecular weight excluding hydrogens is 232 g/mol. The van der Waals surface area contributed by atoms with Crippen molar-refractivity contribution in [2.45, 2.75) is 12.5 Å². The molecule has 1 unspecified atom stereocenters. The fourth-order valence-corrected chi connectivity index (χ4v) is 2.14. The zero-order valence-corrected chi connectivity index (χ0v) is 10.5. The first kappa shape index (κ1) is 12.6. The lowest BCUT2D eigenvalue weighted by Gasteiger charge is -2.32. The van der Waals surface area contributed by atoms with E-state index in [1.165, 1.54) is 4.90 Å². The molecule has 1 fully saturated rings. The van der Waals surface area contributed by atoms with E-state index in [0.29, 0.717) is 6.61 Å². The maximum Gasteiger partial charge on any atom is 0.325 e. The third-order valence-electron chi connectivity index (χ3n) is 3.24. The summed E-state index contributed by atoms with van der Waals surface area (Å²) in [6.45, 7) is 2.50. The van der Waals surface area contributed by atoms with Gasteiger partial charge in [-0.1, -0.05) is 30.3 Å². The maximum absolute atomic E-state index is 12.2. The van der Waals surface area contributed by atoms with Crippen LogP contribution in [0.5, 0.6) is 0 Å². The topological polar surface area (TPSA) is 58.6 Å². The Hall–Kier alpha value is -1.88. The lowest BCUT2D eigenvalue weighted by Crippen LogP contribution is -2.48. The highest BCUT2D eigenvalue weighted by Crippen LogP contribution is 2.32. The number of hydrogen-bond acceptors (Lipinski definition) is 3. The average molecular weight is 248 g/mol. The Morgan fingerprint density at radius 3 is 2.44 bits per heavy atom. The Kier molecular flexibility index (Phi) is 3.34. The van der Waals surface area contributed by atoms with Crippen molar-refractivity contribution in [3.63, 3.8) is 0 Å². The molecular formula is C13H16N2O3. The highest BCUT2D eigenvalue weighted by Gasteiger charge is 2.52. The second-order valence-corrected chi connectivity index (χ2v) is 4.18. The van der Waals surface area contributed by atoms with E-state index in [-0.39, 0.29) is 12.5 Å². The van der Waals surface area contributed by atoms with Crippen molar-refractivity contribution in [1.82, 2.24) is 10.2 Å². The van der Waals surface area contributed by atoms with Crippen molar-refractivity contribution in [3.05, 3.63) is 35.9 Å². The van der Waals surface area contributed by atoms with E-state index < -0.39 is 11.6 Å². The molecule has 1 saturated heterocycles. The van der Waals surface area contributed by atoms with Crippen LogP contribution in [-0.4, -0.2) is 37.1 Å². The van der Waals surface area contributed by atoms with Gasteiger partial charge in [0, 0.05) is 13.7 Å². The minimum Gasteiger partial charge on any atom is -0.378 e. The average Bonchev–Trinajstić information content (AvgIpc) is 2.61. The molecule has 1 atom stereocenters. The number of hydrogen-bond donors (Lipinski definition) is 1. The van der Waals surface area contributed by atoms with E-state index in [4.69, 9.17) is 4.74 Å². The molecule has 5 heteroatoms. The van der Waals surface area contributed by atoms with E-state index in [9.17, 15) is 9.59 Å². The zero-order valence-electron chi connectivity index (χ0n) is 10.5. The number of nitrogens with one attached hydrogen (secondary N) is 1. The van der Waals surface area contributed by atoms with Gasteiger partial charge in [-0.3, -0.25) is 10.1 Å². The third-order valence-corrected chi connectivity index (χ3v) is 3.24. The van der Waals surface area contributed by atoms with E-state index in [0.717, 1.165) is 5.56 Å². The van der Waals surface area contributed by atoms with Crippen molar-refractivity contribution >= 4 is 11.9 Å². The quantitative estimate of drug-likeness (QED) is 0.812. The molecule has 1 aliphatic rings. The van der Waals surface area contributed by atoms with Crippen LogP contribution in [0.3, 0.4) is 0 Å². The third kappa shape index (κ3) is 1.76. The minimum atomic E-state index is -1.06. The number of ether oxygens (including phenoxy) is 1. The Morgan fingerprint density at radius 1 is 1.28 bits per heavy atom. The van der Waals surface area contributed by atoms with E-state index in [1.807, 2.05) is 37.3 Å². The van der Waals surface area contributed by atoms with E-state index in [1.54, 1.807) is 7.05 Å². The Balaban J connectivity index is 2.47. The number of benzene rings is 1. The van der Waals surface area contributed by atoms with Crippen LogP contribution in [0, 0.1) is 0 Å². The molecule has 0 saturated carbocycles. The minimum absolute atomic E-state index is 0.154. The largest absolute Gasteiger partial charge is 0.378 e. The molecule has 1 heterocycles. The van der Waals surface area contributed by atoms with Gasteiger partial charge in [0.05, 0.1) is 6.61 Å². The molecule has 1 aliphatic heterocycles. The summed E-state index contributed by atoms with van der Waals surface area (Å²) < 4.78 is 5.41. The summed E-state index contributed by atoms with van der Waals surface area (Å²) in [5, 5.41) is 2.33. The van der Waals surface area contributed by atoms with Gasteiger partial charge in [0.15, 0.2) is 5.54 Å². The molecule has 0 radical (unpaired) electrons. The summed E-state index contributed by atoms with van der Waals surface area (Å²) >= 11 is 0. The molecule has 0 bridgehead atoms. The van der Waals surface area contributed by atoms with Crippen LogP contribution in [0.2, 0.25) is 0 Å². The fourth-order valence-electron chi connectivity index (χ4n) is 2.14. The highest BCUT2D eigenvalue weighted by atomic mass is 16.5. The number of urea groups is 1. The Labute approximate surface area is 106 Å². The van der Waals surface area contributed by atoms with Crippen LogP contribution in [0.15, 0.2) is 30.3 Å². The maximum atomic E-state index is 12.2. The van der Waals surface area contributed by atoms with Crippen LogP contribution < -0.4 is 5.32 Å². The van der Waals surface area contributed by atoms with Crippen molar-refractivity contribution in [2.24, 2.45) is 0 Å². The fraction of sp³-hybridized carbons (Fsp3) is 0.385. The summed E-state index contributed by atoms with van der Waals surface area (Å²) in [5.74, 6) is -0.338. The van der Waals surface area contributed by atoms with Gasteiger partial charge in [-0.15, -0.1) is 0 Å². The van der Waals surface area contributed by atoms with Crippen LogP contribution in [-0.2, 0) is 15.1 Å². The van der Waals surface area contributed by atoms with Crippen LogP contribution in [0.4, 0.5) is 4.79 Å². The number of amides is 3. The van der Waals surface area contributed by atoms with Gasteiger partial charge in [0.1, 0.15) is 0 Å². The van der Waals surface area contributed by atoms with Crippen LogP contribution in [0.1, 0.15) is 12.5 Å². The molecule has 0 aromatic heterocycles. The lowest BCUT2D eigenvalue weighted by molar-refractivity contribution is -0.130. The number of carbonyl (C=O) groups is 2. The van der Waals surface area contributed by atoms with Crippen LogP contribution >= 0.6 is 0 Å². The normalized spacial score (nSPS) is 23.3. The van der Waals surface area contributed by atoms with Gasteiger partial charge in [-0.25, -0.2) is 4.79 Å². The standard InChI is InChI=1S/C13H16N2O3/c1-3-18-9-13(10-7-5-4-6-8-10)11(16)14-12(17)15(13)2/h4-8H,3,9H2,1-2H3,(H,14,16,17). The summed E-state index contributed by atoms with van der Waals surface area (Å²) in [4.78, 5) is 25.2. The van der Waals surface area contributed by atoms with Gasteiger partial charge in [-0.05, 0) is 12.5 Å². The van der Waals surface area contributed by atoms with Crippen LogP contribution in [0.25, 0.3) is 0 Å². The van der Waals surface area contributed by atoms with E-state index >= 15 is 0 Å². The van der Waals surface area contributed by atoms with Gasteiger partial charge in [0.2, 0.25) is 0 Å². The van der Waals surface area contributed by atoms with Gasteiger partial charge >= 0.3 is 6.03 Å². The van der Waals surface area contributed by atoms with Crippen molar-refractivity contribution < 1.29 is 14.3 Å². The molecule has 18 heavy (non-hydrogen) atoms. The lowest BCUT2D eigenvalue weighted by atomic mass is 9.89. The summed E-state index contributed by atoms with van der Waals surface area (Å²) in [5.41, 5.74) is -0.307. The molecule has 5 nitrogen and oxygen atoms in total. The summed E-state index contributed by atoms with van der Waals surface area (Å²) in [6.07, 6.45) is 0. The predicted molar refractivity (Wildman–Crippen MR) is 65.9 cm³/mol. The van der Waals surface area contributed by atoms with Gasteiger partial charge < -0.3 is 9.64 Å². The van der Waals surface area contributed by atoms with E-state index in [2.05, 4.69) is 5.32 Å². The Bertz CT molecular complexity index is 461. The second kappa shape index (κ2) is 4.78. The number of nitrogens with zero attached hydrogens (tertiary/aromatic N) is 1. The van der Waals surface area contributed by atoms with Crippen molar-refractivity contribution in [1.29, 1.82) is 0 Å². The SMILES string of the molecule is CCOCC1(c2ccccc2)C(=O)NC(=O)N1C. The Morgan fingerprint density at radius 2 is 1.94 bits per heavy atom. The summed E-state index contributed by atoms with van der Waals surface area (Å²) in [6, 6.07) is 8.80. The highest BCUT2D eigenvalue weighted by molar-refractivity contribution is 6.07. The smallest absolute Gasteiger partial charge is 0.325 e. The first-order chi connectivity index (χ1) is 8.63. The molecule has 0 spiro atoms. The monoisotopic (exact) mass is 248 g/mol. The predicted octanol–water partition coefficient (Wildman–Crippen LogP) is 1.10. The number of imide groups is 1. The molecule has 2 rings (SSSR count). The molecule has 1 aromatic rings. The molecule has 96 valence electrons. The molecule has 0 aliphatic carbocycles. The molecule has 1 N–H and O–H groups in total. The summed E-state index contributed by atoms with van der Waals surface area (Å²) in [7, 11) is 1.60. The van der Waals surface area contributed by atoms with Crippen molar-refractivity contribution in [3.8, 4) is 0 Å². The van der Waals surface area contributed by atoms with Gasteiger partial charge in [-0.2, -0.15) is 0 Å². The first-order valence-electron chi connectivity index (χ1n) is 5.85. The number of likely N-dealkylation sites (N-methyl/N-ethyl adjacent to an activating group) is 1. The van der Waals surface area contributed by atoms with Crippen molar-refractivity contribution in [2.75, 3.05) is 20.3 Å². The zero-order chi connectivity index (χ0) is 13.2. The van der Waals surface area contributed by atoms with Gasteiger partial charge in [0.25, 0.3) is 5.91 Å².